The molecule has 0 spiro atoms. The maximum Gasteiger partial charge on any atom is 0.310 e. The summed E-state index contributed by atoms with van der Waals surface area (Å²) in [7, 11) is 3.24. The van der Waals surface area contributed by atoms with Crippen LogP contribution in [0.4, 0.5) is 5.13 Å². The summed E-state index contributed by atoms with van der Waals surface area (Å²) >= 11 is 1.74. The molecule has 2 unspecified atom stereocenters. The number of carbonyl (C=O) groups is 1. The molecule has 0 aliphatic carbocycles. The molecule has 2 aliphatic heterocycles. The Morgan fingerprint density at radius 2 is 2.19 bits per heavy atom. The van der Waals surface area contributed by atoms with Gasteiger partial charge in [0.25, 0.3) is 0 Å². The number of ether oxygens (including phenoxy) is 1. The normalized spacial score (nSPS) is 23.6. The Morgan fingerprint density at radius 1 is 1.42 bits per heavy atom. The van der Waals surface area contributed by atoms with E-state index < -0.39 is 0 Å². The number of guanidine groups is 1. The van der Waals surface area contributed by atoms with Gasteiger partial charge in [0.1, 0.15) is 0 Å². The Kier molecular flexibility index (Phi) is 6.34. The standard InChI is InChI=1S/C18H29N5O2S/c1-13-10-23(11-15(13)16(24)25-3)17(19-2)20-7-6-14-12-26-18(21-14)22-8-4-5-9-22/h12-13,15H,4-11H2,1-3H3,(H,19,20). The molecule has 0 radical (unpaired) electrons. The molecule has 1 aromatic heterocycles. The zero-order valence-electron chi connectivity index (χ0n) is 15.9. The van der Waals surface area contributed by atoms with E-state index in [9.17, 15) is 4.79 Å². The summed E-state index contributed by atoms with van der Waals surface area (Å²) in [5, 5.41) is 6.72. The van der Waals surface area contributed by atoms with Crippen molar-refractivity contribution in [3.63, 3.8) is 0 Å². The second kappa shape index (κ2) is 8.70. The van der Waals surface area contributed by atoms with Gasteiger partial charge in [-0.1, -0.05) is 6.92 Å². The second-order valence-corrected chi connectivity index (χ2v) is 7.89. The predicted molar refractivity (Wildman–Crippen MR) is 105 cm³/mol. The first-order valence-electron chi connectivity index (χ1n) is 9.35. The number of aliphatic imine (C=N–C) groups is 1. The summed E-state index contributed by atoms with van der Waals surface area (Å²) in [6.45, 7) is 6.60. The number of carbonyl (C=O) groups excluding carboxylic acids is 1. The summed E-state index contributed by atoms with van der Waals surface area (Å²) < 4.78 is 4.91. The fourth-order valence-corrected chi connectivity index (χ4v) is 4.61. The molecule has 0 aromatic carbocycles. The molecule has 144 valence electrons. The Bertz CT molecular complexity index is 641. The number of anilines is 1. The number of nitrogens with zero attached hydrogens (tertiary/aromatic N) is 4. The smallest absolute Gasteiger partial charge is 0.310 e. The van der Waals surface area contributed by atoms with E-state index in [0.29, 0.717) is 6.54 Å². The van der Waals surface area contributed by atoms with Crippen LogP contribution in [-0.4, -0.2) is 68.7 Å². The van der Waals surface area contributed by atoms with Gasteiger partial charge >= 0.3 is 5.97 Å². The van der Waals surface area contributed by atoms with Crippen LogP contribution in [0.3, 0.4) is 0 Å². The summed E-state index contributed by atoms with van der Waals surface area (Å²) in [6.07, 6.45) is 3.41. The number of thiazole rings is 1. The number of aromatic nitrogens is 1. The van der Waals surface area contributed by atoms with Gasteiger partial charge in [0.2, 0.25) is 0 Å². The van der Waals surface area contributed by atoms with E-state index in [1.54, 1.807) is 18.4 Å². The minimum Gasteiger partial charge on any atom is -0.469 e. The molecule has 0 bridgehead atoms. The first kappa shape index (κ1) is 18.9. The molecular formula is C18H29N5O2S. The van der Waals surface area contributed by atoms with Gasteiger partial charge in [0.15, 0.2) is 11.1 Å². The minimum atomic E-state index is -0.132. The molecule has 3 rings (SSSR count). The molecule has 8 heteroatoms. The number of methoxy groups -OCH3 is 1. The van der Waals surface area contributed by atoms with Crippen molar-refractivity contribution in [2.75, 3.05) is 51.8 Å². The van der Waals surface area contributed by atoms with Gasteiger partial charge in [0, 0.05) is 51.6 Å². The number of hydrogen-bond donors (Lipinski definition) is 1. The van der Waals surface area contributed by atoms with E-state index in [-0.39, 0.29) is 17.8 Å². The number of hydrogen-bond acceptors (Lipinski definition) is 6. The van der Waals surface area contributed by atoms with Crippen molar-refractivity contribution >= 4 is 28.4 Å². The van der Waals surface area contributed by atoms with E-state index >= 15 is 0 Å². The molecule has 2 aliphatic rings. The zero-order chi connectivity index (χ0) is 18.5. The van der Waals surface area contributed by atoms with Crippen LogP contribution in [0, 0.1) is 11.8 Å². The number of nitrogens with one attached hydrogen (secondary N) is 1. The molecule has 7 nitrogen and oxygen atoms in total. The van der Waals surface area contributed by atoms with Crippen molar-refractivity contribution in [1.82, 2.24) is 15.2 Å². The van der Waals surface area contributed by atoms with E-state index in [1.807, 2.05) is 0 Å². The summed E-state index contributed by atoms with van der Waals surface area (Å²) in [5.74, 6) is 0.897. The highest BCUT2D eigenvalue weighted by molar-refractivity contribution is 7.13. The number of esters is 1. The lowest BCUT2D eigenvalue weighted by molar-refractivity contribution is -0.145. The van der Waals surface area contributed by atoms with Crippen molar-refractivity contribution in [2.45, 2.75) is 26.2 Å². The Morgan fingerprint density at radius 3 is 2.88 bits per heavy atom. The maximum absolute atomic E-state index is 11.9. The Labute approximate surface area is 159 Å². The SMILES string of the molecule is CN=C(NCCc1csc(N2CCCC2)n1)N1CC(C)C(C(=O)OC)C1. The third kappa shape index (κ3) is 4.28. The predicted octanol–water partition coefficient (Wildman–Crippen LogP) is 1.60. The molecule has 2 saturated heterocycles. The van der Waals surface area contributed by atoms with Crippen LogP contribution in [0.2, 0.25) is 0 Å². The number of likely N-dealkylation sites (tertiary alicyclic amines) is 1. The average Bonchev–Trinajstić information content (AvgIpc) is 3.38. The van der Waals surface area contributed by atoms with Gasteiger partial charge in [-0.25, -0.2) is 4.98 Å². The van der Waals surface area contributed by atoms with Gasteiger partial charge < -0.3 is 19.9 Å². The highest BCUT2D eigenvalue weighted by atomic mass is 32.1. The summed E-state index contributed by atoms with van der Waals surface area (Å²) in [6, 6.07) is 0. The zero-order valence-corrected chi connectivity index (χ0v) is 16.7. The van der Waals surface area contributed by atoms with Gasteiger partial charge in [-0.3, -0.25) is 9.79 Å². The third-order valence-electron chi connectivity index (χ3n) is 5.21. The summed E-state index contributed by atoms with van der Waals surface area (Å²) in [4.78, 5) is 25.5. The molecule has 0 amide bonds. The van der Waals surface area contributed by atoms with E-state index in [2.05, 4.69) is 32.4 Å². The van der Waals surface area contributed by atoms with Gasteiger partial charge in [0.05, 0.1) is 18.7 Å². The van der Waals surface area contributed by atoms with E-state index in [4.69, 9.17) is 9.72 Å². The fourth-order valence-electron chi connectivity index (χ4n) is 3.70. The monoisotopic (exact) mass is 379 g/mol. The average molecular weight is 380 g/mol. The van der Waals surface area contributed by atoms with Gasteiger partial charge in [-0.2, -0.15) is 0 Å². The van der Waals surface area contributed by atoms with Crippen LogP contribution in [0.5, 0.6) is 0 Å². The first-order valence-corrected chi connectivity index (χ1v) is 10.2. The molecule has 0 saturated carbocycles. The maximum atomic E-state index is 11.9. The van der Waals surface area contributed by atoms with E-state index in [1.165, 1.54) is 20.0 Å². The van der Waals surface area contributed by atoms with Crippen molar-refractivity contribution < 1.29 is 9.53 Å². The van der Waals surface area contributed by atoms with Crippen LogP contribution < -0.4 is 10.2 Å². The van der Waals surface area contributed by atoms with E-state index in [0.717, 1.165) is 49.4 Å². The van der Waals surface area contributed by atoms with Crippen molar-refractivity contribution in [3.8, 4) is 0 Å². The van der Waals surface area contributed by atoms with Gasteiger partial charge in [-0.05, 0) is 18.8 Å². The molecule has 26 heavy (non-hydrogen) atoms. The van der Waals surface area contributed by atoms with Crippen LogP contribution in [0.1, 0.15) is 25.5 Å². The molecule has 2 fully saturated rings. The lowest BCUT2D eigenvalue weighted by Gasteiger charge is -2.21. The molecular weight excluding hydrogens is 350 g/mol. The third-order valence-corrected chi connectivity index (χ3v) is 6.16. The van der Waals surface area contributed by atoms with Crippen molar-refractivity contribution in [2.24, 2.45) is 16.8 Å². The van der Waals surface area contributed by atoms with Crippen molar-refractivity contribution in [3.05, 3.63) is 11.1 Å². The summed E-state index contributed by atoms with van der Waals surface area (Å²) in [5.41, 5.74) is 1.13. The van der Waals surface area contributed by atoms with Crippen LogP contribution in [0.15, 0.2) is 10.4 Å². The Hall–Kier alpha value is -1.83. The fraction of sp³-hybridized carbons (Fsp3) is 0.722. The first-order chi connectivity index (χ1) is 12.6. The number of rotatable bonds is 5. The molecule has 3 heterocycles. The largest absolute Gasteiger partial charge is 0.469 e. The second-order valence-electron chi connectivity index (χ2n) is 7.05. The highest BCUT2D eigenvalue weighted by Gasteiger charge is 2.36. The lowest BCUT2D eigenvalue weighted by Crippen LogP contribution is -2.41. The topological polar surface area (TPSA) is 70.1 Å². The lowest BCUT2D eigenvalue weighted by atomic mass is 9.99. The van der Waals surface area contributed by atoms with Crippen molar-refractivity contribution in [1.29, 1.82) is 0 Å². The Balaban J connectivity index is 1.48. The molecule has 1 N–H and O–H groups in total. The highest BCUT2D eigenvalue weighted by Crippen LogP contribution is 2.25. The molecule has 1 aromatic rings. The molecule has 2 atom stereocenters. The van der Waals surface area contributed by atoms with Crippen LogP contribution in [0.25, 0.3) is 0 Å². The quantitative estimate of drug-likeness (QED) is 0.476. The van der Waals surface area contributed by atoms with Gasteiger partial charge in [-0.15, -0.1) is 11.3 Å². The van der Waals surface area contributed by atoms with Crippen LogP contribution in [-0.2, 0) is 16.0 Å². The minimum absolute atomic E-state index is 0.0832. The van der Waals surface area contributed by atoms with Crippen LogP contribution >= 0.6 is 11.3 Å².